The Labute approximate surface area is 127 Å². The number of hydrogen-bond donors (Lipinski definition) is 0. The molecule has 2 aliphatic carbocycles. The highest BCUT2D eigenvalue weighted by atomic mass is 32.2. The Bertz CT molecular complexity index is 489. The van der Waals surface area contributed by atoms with E-state index in [2.05, 4.69) is 9.37 Å². The highest BCUT2D eigenvalue weighted by Crippen LogP contribution is 2.48. The van der Waals surface area contributed by atoms with E-state index in [9.17, 15) is 10.1 Å². The van der Waals surface area contributed by atoms with E-state index < -0.39 is 0 Å². The first-order chi connectivity index (χ1) is 10.3. The first kappa shape index (κ1) is 14.8. The van der Waals surface area contributed by atoms with Crippen LogP contribution in [0.2, 0.25) is 0 Å². The standard InChI is InChI=1S/C15H18O5S/c16-15(11-3-5-14(6-4-11)21-20-19-17)18-9-13-8-10-1-2-12(13)7-10/h3-6,10,12-13,17H,1-2,7-9H2/p-1. The molecule has 1 aromatic carbocycles. The Morgan fingerprint density at radius 1 is 1.24 bits per heavy atom. The lowest BCUT2D eigenvalue weighted by Gasteiger charge is -2.21. The third-order valence-electron chi connectivity index (χ3n) is 4.56. The number of ether oxygens (including phenoxy) is 1. The van der Waals surface area contributed by atoms with Crippen molar-refractivity contribution < 1.29 is 24.2 Å². The lowest BCUT2D eigenvalue weighted by Crippen LogP contribution is -2.19. The second kappa shape index (κ2) is 6.79. The molecule has 5 nitrogen and oxygen atoms in total. The van der Waals surface area contributed by atoms with Gasteiger partial charge in [0.25, 0.3) is 0 Å². The summed E-state index contributed by atoms with van der Waals surface area (Å²) in [6.45, 7) is 0.531. The molecule has 0 aliphatic heterocycles. The zero-order valence-electron chi connectivity index (χ0n) is 11.5. The number of carbonyl (C=O) groups excluding carboxylic acids is 1. The fourth-order valence-corrected chi connectivity index (χ4v) is 3.90. The second-order valence-corrected chi connectivity index (χ2v) is 6.55. The van der Waals surface area contributed by atoms with E-state index >= 15 is 0 Å². The van der Waals surface area contributed by atoms with Crippen LogP contribution in [0.5, 0.6) is 0 Å². The Morgan fingerprint density at radius 2 is 2.05 bits per heavy atom. The zero-order valence-corrected chi connectivity index (χ0v) is 12.3. The number of hydrogen-bond acceptors (Lipinski definition) is 6. The van der Waals surface area contributed by atoms with Crippen molar-refractivity contribution in [3.8, 4) is 0 Å². The number of benzene rings is 1. The minimum Gasteiger partial charge on any atom is -0.691 e. The number of fused-ring (bicyclic) bond motifs is 2. The predicted molar refractivity (Wildman–Crippen MR) is 73.7 cm³/mol. The van der Waals surface area contributed by atoms with E-state index in [1.54, 1.807) is 24.3 Å². The molecular formula is C15H17O5S-. The first-order valence-electron chi connectivity index (χ1n) is 7.16. The summed E-state index contributed by atoms with van der Waals surface area (Å²) in [5.74, 6) is 1.87. The third-order valence-corrected chi connectivity index (χ3v) is 5.15. The molecule has 2 saturated carbocycles. The molecular weight excluding hydrogens is 292 g/mol. The van der Waals surface area contributed by atoms with Crippen molar-refractivity contribution in [2.75, 3.05) is 6.61 Å². The van der Waals surface area contributed by atoms with Gasteiger partial charge in [0, 0.05) is 4.90 Å². The fraction of sp³-hybridized carbons (Fsp3) is 0.533. The van der Waals surface area contributed by atoms with Gasteiger partial charge < -0.3 is 9.99 Å². The number of carbonyl (C=O) groups is 1. The molecule has 21 heavy (non-hydrogen) atoms. The van der Waals surface area contributed by atoms with Crippen molar-refractivity contribution in [1.82, 2.24) is 0 Å². The predicted octanol–water partition coefficient (Wildman–Crippen LogP) is 2.51. The van der Waals surface area contributed by atoms with Gasteiger partial charge in [-0.05, 0) is 61.3 Å². The lowest BCUT2D eigenvalue weighted by atomic mass is 9.89. The maximum atomic E-state index is 12.0. The summed E-state index contributed by atoms with van der Waals surface area (Å²) in [5.41, 5.74) is 0.505. The van der Waals surface area contributed by atoms with Crippen LogP contribution in [-0.2, 0) is 14.1 Å². The van der Waals surface area contributed by atoms with Crippen LogP contribution in [-0.4, -0.2) is 12.6 Å². The van der Waals surface area contributed by atoms with Crippen molar-refractivity contribution in [2.24, 2.45) is 17.8 Å². The Balaban J connectivity index is 1.48. The number of esters is 1. The van der Waals surface area contributed by atoms with Crippen LogP contribution in [0, 0.1) is 17.8 Å². The maximum Gasteiger partial charge on any atom is 0.338 e. The summed E-state index contributed by atoms with van der Waals surface area (Å²) in [6.07, 6.45) is 5.17. The smallest absolute Gasteiger partial charge is 0.338 e. The highest BCUT2D eigenvalue weighted by molar-refractivity contribution is 7.94. The summed E-state index contributed by atoms with van der Waals surface area (Å²) < 4.78 is 9.64. The van der Waals surface area contributed by atoms with Crippen LogP contribution in [0.1, 0.15) is 36.0 Å². The fourth-order valence-electron chi connectivity index (χ4n) is 3.55. The molecule has 3 atom stereocenters. The molecule has 0 N–H and O–H groups in total. The monoisotopic (exact) mass is 309 g/mol. The van der Waals surface area contributed by atoms with Gasteiger partial charge >= 0.3 is 5.97 Å². The van der Waals surface area contributed by atoms with Gasteiger partial charge in [0.1, 0.15) is 0 Å². The van der Waals surface area contributed by atoms with Gasteiger partial charge in [0.15, 0.2) is 0 Å². The van der Waals surface area contributed by atoms with Crippen LogP contribution in [0.3, 0.4) is 0 Å². The van der Waals surface area contributed by atoms with Crippen molar-refractivity contribution in [3.05, 3.63) is 29.8 Å². The van der Waals surface area contributed by atoms with Crippen LogP contribution in [0.15, 0.2) is 29.2 Å². The molecule has 3 unspecified atom stereocenters. The van der Waals surface area contributed by atoms with Gasteiger partial charge in [0.2, 0.25) is 0 Å². The highest BCUT2D eigenvalue weighted by Gasteiger charge is 2.39. The van der Waals surface area contributed by atoms with Crippen LogP contribution < -0.4 is 5.26 Å². The molecule has 0 heterocycles. The van der Waals surface area contributed by atoms with E-state index in [0.717, 1.165) is 23.9 Å². The molecule has 0 amide bonds. The largest absolute Gasteiger partial charge is 0.691 e. The average molecular weight is 309 g/mol. The van der Waals surface area contributed by atoms with E-state index in [4.69, 9.17) is 4.74 Å². The quantitative estimate of drug-likeness (QED) is 0.348. The van der Waals surface area contributed by atoms with E-state index in [0.29, 0.717) is 23.0 Å². The third kappa shape index (κ3) is 3.58. The van der Waals surface area contributed by atoms with Gasteiger partial charge in [-0.2, -0.15) is 4.33 Å². The van der Waals surface area contributed by atoms with Gasteiger partial charge in [-0.3, -0.25) is 5.04 Å². The molecule has 0 spiro atoms. The van der Waals surface area contributed by atoms with Crippen molar-refractivity contribution in [2.45, 2.75) is 30.6 Å². The number of rotatable bonds is 6. The first-order valence-corrected chi connectivity index (χ1v) is 7.91. The van der Waals surface area contributed by atoms with E-state index in [-0.39, 0.29) is 5.97 Å². The minimum absolute atomic E-state index is 0.296. The topological polar surface area (TPSA) is 67.8 Å². The van der Waals surface area contributed by atoms with Crippen molar-refractivity contribution in [3.63, 3.8) is 0 Å². The van der Waals surface area contributed by atoms with E-state index in [1.165, 1.54) is 25.7 Å². The summed E-state index contributed by atoms with van der Waals surface area (Å²) >= 11 is 0.796. The summed E-state index contributed by atoms with van der Waals surface area (Å²) in [5, 5.41) is 13.0. The SMILES string of the molecule is O=C(OCC1CC2CCC1C2)c1ccc(SOO[O-])cc1. The molecule has 3 rings (SSSR count). The summed E-state index contributed by atoms with van der Waals surface area (Å²) in [4.78, 5) is 12.7. The summed E-state index contributed by atoms with van der Waals surface area (Å²) in [7, 11) is 0. The van der Waals surface area contributed by atoms with Gasteiger partial charge in [0.05, 0.1) is 24.2 Å². The normalized spacial score (nSPS) is 27.0. The Kier molecular flexibility index (Phi) is 4.80. The van der Waals surface area contributed by atoms with Gasteiger partial charge in [-0.15, -0.1) is 0 Å². The molecule has 1 aromatic rings. The molecule has 0 aromatic heterocycles. The van der Waals surface area contributed by atoms with Crippen molar-refractivity contribution >= 4 is 18.0 Å². The Morgan fingerprint density at radius 3 is 2.67 bits per heavy atom. The molecule has 2 aliphatic rings. The molecule has 2 fully saturated rings. The molecule has 2 bridgehead atoms. The van der Waals surface area contributed by atoms with E-state index in [1.807, 2.05) is 0 Å². The van der Waals surface area contributed by atoms with Crippen LogP contribution >= 0.6 is 12.0 Å². The molecule has 0 radical (unpaired) electrons. The van der Waals surface area contributed by atoms with Gasteiger partial charge in [-0.1, -0.05) is 6.42 Å². The maximum absolute atomic E-state index is 12.0. The molecule has 6 heteroatoms. The zero-order chi connectivity index (χ0) is 14.7. The van der Waals surface area contributed by atoms with Crippen molar-refractivity contribution in [1.29, 1.82) is 0 Å². The average Bonchev–Trinajstić information content (AvgIpc) is 3.14. The minimum atomic E-state index is -0.296. The second-order valence-electron chi connectivity index (χ2n) is 5.78. The van der Waals surface area contributed by atoms with Gasteiger partial charge in [-0.25, -0.2) is 4.79 Å². The summed E-state index contributed by atoms with van der Waals surface area (Å²) in [6, 6.07) is 6.66. The Hall–Kier alpha value is -1.08. The molecule has 114 valence electrons. The van der Waals surface area contributed by atoms with Crippen LogP contribution in [0.4, 0.5) is 0 Å². The van der Waals surface area contributed by atoms with Crippen LogP contribution in [0.25, 0.3) is 0 Å². The lowest BCUT2D eigenvalue weighted by molar-refractivity contribution is -0.777. The molecule has 0 saturated heterocycles.